The lowest BCUT2D eigenvalue weighted by Crippen LogP contribution is -2.07. The Morgan fingerprint density at radius 2 is 1.08 bits per heavy atom. The second-order valence-corrected chi connectivity index (χ2v) is 16.2. The normalized spacial score (nSPS) is 11.8. The highest BCUT2D eigenvalue weighted by atomic mass is 19.4. The fourth-order valence-electron chi connectivity index (χ4n) is 9.39. The van der Waals surface area contributed by atoms with Crippen molar-refractivity contribution in [1.29, 1.82) is 5.26 Å². The van der Waals surface area contributed by atoms with Crippen molar-refractivity contribution >= 4 is 49.3 Å². The van der Waals surface area contributed by atoms with Gasteiger partial charge in [-0.15, -0.1) is 0 Å². The molecule has 2 heterocycles. The standard InChI is InChI=1S/C55H37F3N4/c1-32-14-18-40(35(4)24-32)37-16-21-50-45(29-37)43-10-6-8-12-48(43)61(50)52-23-20-42(39-26-34(3)25-36(28-39)31-59)54(53(52)60-5)62-49-13-9-7-11-44(49)46-30-38(17-22-51(46)62)41-19-15-33(2)27-47(41)55(56,57)58/h6-30H,1-4H3. The molecule has 0 unspecified atom stereocenters. The van der Waals surface area contributed by atoms with Crippen LogP contribution in [-0.2, 0) is 6.18 Å². The van der Waals surface area contributed by atoms with Crippen LogP contribution < -0.4 is 0 Å². The van der Waals surface area contributed by atoms with Gasteiger partial charge in [-0.1, -0.05) is 102 Å². The first-order chi connectivity index (χ1) is 29.9. The van der Waals surface area contributed by atoms with E-state index in [0.29, 0.717) is 33.8 Å². The third-order valence-electron chi connectivity index (χ3n) is 12.1. The predicted octanol–water partition coefficient (Wildman–Crippen LogP) is 15.6. The summed E-state index contributed by atoms with van der Waals surface area (Å²) in [4.78, 5) is 4.38. The minimum Gasteiger partial charge on any atom is -0.319 e. The Morgan fingerprint density at radius 3 is 1.71 bits per heavy atom. The quantitative estimate of drug-likeness (QED) is 0.160. The first-order valence-electron chi connectivity index (χ1n) is 20.3. The van der Waals surface area contributed by atoms with Crippen LogP contribution in [0.15, 0.2) is 152 Å². The van der Waals surface area contributed by atoms with E-state index in [1.807, 2.05) is 85.8 Å². The van der Waals surface area contributed by atoms with Crippen LogP contribution in [-0.4, -0.2) is 9.13 Å². The zero-order chi connectivity index (χ0) is 43.0. The van der Waals surface area contributed by atoms with Crippen molar-refractivity contribution in [2.45, 2.75) is 33.9 Å². The van der Waals surface area contributed by atoms with Gasteiger partial charge in [0.05, 0.1) is 57.2 Å². The lowest BCUT2D eigenvalue weighted by atomic mass is 9.96. The highest BCUT2D eigenvalue weighted by Crippen LogP contribution is 2.47. The molecule has 0 amide bonds. The van der Waals surface area contributed by atoms with Crippen molar-refractivity contribution in [1.82, 2.24) is 9.13 Å². The highest BCUT2D eigenvalue weighted by molar-refractivity contribution is 6.14. The number of hydrogen-bond donors (Lipinski definition) is 0. The van der Waals surface area contributed by atoms with E-state index in [1.54, 1.807) is 19.1 Å². The lowest BCUT2D eigenvalue weighted by molar-refractivity contribution is -0.137. The molecule has 10 aromatic rings. The summed E-state index contributed by atoms with van der Waals surface area (Å²) in [5.41, 5.74) is 13.0. The first-order valence-corrected chi connectivity index (χ1v) is 20.3. The van der Waals surface area contributed by atoms with Gasteiger partial charge in [-0.25, -0.2) is 4.85 Å². The number of nitrogens with zero attached hydrogens (tertiary/aromatic N) is 4. The molecule has 10 rings (SSSR count). The van der Waals surface area contributed by atoms with E-state index in [4.69, 9.17) is 6.57 Å². The zero-order valence-electron chi connectivity index (χ0n) is 34.4. The summed E-state index contributed by atoms with van der Waals surface area (Å²) < 4.78 is 47.7. The number of benzene rings is 8. The van der Waals surface area contributed by atoms with Gasteiger partial charge in [0.2, 0.25) is 5.69 Å². The maximum absolute atomic E-state index is 14.5. The Kier molecular flexibility index (Phi) is 8.91. The fraction of sp³-hybridized carbons (Fsp3) is 0.0909. The molecule has 0 fully saturated rings. The van der Waals surface area contributed by atoms with Crippen molar-refractivity contribution in [2.24, 2.45) is 0 Å². The van der Waals surface area contributed by atoms with Gasteiger partial charge in [-0.2, -0.15) is 18.4 Å². The summed E-state index contributed by atoms with van der Waals surface area (Å²) in [7, 11) is 0. The van der Waals surface area contributed by atoms with Gasteiger partial charge in [0, 0.05) is 21.5 Å². The maximum atomic E-state index is 14.5. The molecule has 7 heteroatoms. The minimum absolute atomic E-state index is 0.0993. The molecule has 0 aliphatic carbocycles. The smallest absolute Gasteiger partial charge is 0.319 e. The van der Waals surface area contributed by atoms with Gasteiger partial charge < -0.3 is 9.13 Å². The fourth-order valence-corrected chi connectivity index (χ4v) is 9.39. The molecule has 298 valence electrons. The minimum atomic E-state index is -4.55. The van der Waals surface area contributed by atoms with Crippen LogP contribution in [0, 0.1) is 45.6 Å². The predicted molar refractivity (Wildman–Crippen MR) is 246 cm³/mol. The van der Waals surface area contributed by atoms with Crippen LogP contribution in [0.4, 0.5) is 18.9 Å². The molecule has 0 aliphatic rings. The molecule has 2 aromatic heterocycles. The third kappa shape index (κ3) is 6.13. The van der Waals surface area contributed by atoms with Crippen molar-refractivity contribution < 1.29 is 13.2 Å². The van der Waals surface area contributed by atoms with Gasteiger partial charge in [0.15, 0.2) is 0 Å². The molecule has 0 bridgehead atoms. The number of rotatable bonds is 5. The van der Waals surface area contributed by atoms with E-state index in [1.165, 1.54) is 23.3 Å². The molecule has 0 saturated heterocycles. The molecule has 8 aromatic carbocycles. The summed E-state index contributed by atoms with van der Waals surface area (Å²) in [6.07, 6.45) is -4.55. The van der Waals surface area contributed by atoms with E-state index in [9.17, 15) is 18.4 Å². The maximum Gasteiger partial charge on any atom is 0.417 e. The number of hydrogen-bond acceptors (Lipinski definition) is 1. The topological polar surface area (TPSA) is 38.0 Å². The average molecular weight is 811 g/mol. The van der Waals surface area contributed by atoms with Gasteiger partial charge >= 0.3 is 6.18 Å². The Hall–Kier alpha value is -7.87. The van der Waals surface area contributed by atoms with Crippen molar-refractivity contribution in [3.63, 3.8) is 0 Å². The molecule has 0 radical (unpaired) electrons. The Bertz CT molecular complexity index is 3590. The molecule has 62 heavy (non-hydrogen) atoms. The molecular weight excluding hydrogens is 774 g/mol. The number of aryl methyl sites for hydroxylation is 4. The van der Waals surface area contributed by atoms with Crippen LogP contribution in [0.3, 0.4) is 0 Å². The molecule has 0 aliphatic heterocycles. The number of fused-ring (bicyclic) bond motifs is 6. The lowest BCUT2D eigenvalue weighted by Gasteiger charge is -2.20. The SMILES string of the molecule is [C-]#[N+]c1c(-n2c3ccccc3c3cc(-c4ccc(C)cc4C)ccc32)ccc(-c2cc(C)cc(C#N)c2)c1-n1c2ccccc2c2cc(-c3ccc(C)cc3C(F)(F)F)ccc21. The van der Waals surface area contributed by atoms with Crippen LogP contribution in [0.25, 0.3) is 93.2 Å². The van der Waals surface area contributed by atoms with E-state index < -0.39 is 11.7 Å². The molecular formula is C55H37F3N4. The van der Waals surface area contributed by atoms with Crippen LogP contribution in [0.2, 0.25) is 0 Å². The van der Waals surface area contributed by atoms with Crippen molar-refractivity contribution in [3.8, 4) is 50.8 Å². The molecule has 0 saturated carbocycles. The van der Waals surface area contributed by atoms with E-state index >= 15 is 0 Å². The number of halogens is 3. The summed E-state index contributed by atoms with van der Waals surface area (Å²) in [6.45, 7) is 16.8. The first kappa shape index (κ1) is 38.3. The summed E-state index contributed by atoms with van der Waals surface area (Å²) in [5, 5.41) is 13.8. The number of aromatic nitrogens is 2. The number of nitriles is 1. The van der Waals surface area contributed by atoms with Crippen molar-refractivity contribution in [2.75, 3.05) is 0 Å². The second kappa shape index (κ2) is 14.4. The Labute approximate surface area is 356 Å². The van der Waals surface area contributed by atoms with Crippen LogP contribution in [0.5, 0.6) is 0 Å². The molecule has 0 N–H and O–H groups in total. The second-order valence-electron chi connectivity index (χ2n) is 16.2. The van der Waals surface area contributed by atoms with Crippen LogP contribution >= 0.6 is 0 Å². The summed E-state index contributed by atoms with van der Waals surface area (Å²) >= 11 is 0. The summed E-state index contributed by atoms with van der Waals surface area (Å²) in [6, 6.07) is 50.9. The molecule has 4 nitrogen and oxygen atoms in total. The van der Waals surface area contributed by atoms with Gasteiger partial charge in [0.25, 0.3) is 0 Å². The van der Waals surface area contributed by atoms with Crippen molar-refractivity contribution in [3.05, 3.63) is 196 Å². The molecule has 0 atom stereocenters. The van der Waals surface area contributed by atoms with Crippen LogP contribution in [0.1, 0.15) is 33.4 Å². The monoisotopic (exact) mass is 810 g/mol. The van der Waals surface area contributed by atoms with E-state index in [2.05, 4.69) is 82.4 Å². The highest BCUT2D eigenvalue weighted by Gasteiger charge is 2.34. The van der Waals surface area contributed by atoms with Gasteiger partial charge in [0.1, 0.15) is 0 Å². The zero-order valence-corrected chi connectivity index (χ0v) is 34.4. The number of alkyl halides is 3. The van der Waals surface area contributed by atoms with E-state index in [0.717, 1.165) is 71.4 Å². The summed E-state index contributed by atoms with van der Waals surface area (Å²) in [5.74, 6) is 0. The van der Waals surface area contributed by atoms with Gasteiger partial charge in [-0.05, 0) is 133 Å². The third-order valence-corrected chi connectivity index (χ3v) is 12.1. The Balaban J connectivity index is 1.30. The average Bonchev–Trinajstić information content (AvgIpc) is 3.77. The van der Waals surface area contributed by atoms with Gasteiger partial charge in [-0.3, -0.25) is 0 Å². The molecule has 0 spiro atoms. The number of para-hydroxylation sites is 2. The largest absolute Gasteiger partial charge is 0.417 e. The van der Waals surface area contributed by atoms with E-state index in [-0.39, 0.29) is 5.56 Å². The Morgan fingerprint density at radius 1 is 0.516 bits per heavy atom.